The molecule has 8 heavy (non-hydrogen) atoms. The average molecular weight is 112 g/mol. The third-order valence-electron chi connectivity index (χ3n) is 0.863. The van der Waals surface area contributed by atoms with E-state index in [-0.39, 0.29) is 0 Å². The molecule has 0 aromatic heterocycles. The Morgan fingerprint density at radius 3 is 2.50 bits per heavy atom. The summed E-state index contributed by atoms with van der Waals surface area (Å²) in [6.07, 6.45) is 3.49. The first-order valence-corrected chi connectivity index (χ1v) is 2.65. The fourth-order valence-electron chi connectivity index (χ4n) is 0.406. The molecule has 0 aliphatic carbocycles. The molecule has 0 N–H and O–H groups in total. The van der Waals surface area contributed by atoms with Crippen molar-refractivity contribution in [1.82, 2.24) is 4.90 Å². The van der Waals surface area contributed by atoms with Gasteiger partial charge in [0, 0.05) is 13.6 Å². The minimum Gasteiger partial charge on any atom is -0.340 e. The molecule has 0 fully saturated rings. The summed E-state index contributed by atoms with van der Waals surface area (Å²) in [5.41, 5.74) is 0. The quantitative estimate of drug-likeness (QED) is 0.394. The van der Waals surface area contributed by atoms with Crippen LogP contribution >= 0.6 is 0 Å². The van der Waals surface area contributed by atoms with Crippen LogP contribution in [0, 0.1) is 0 Å². The van der Waals surface area contributed by atoms with Gasteiger partial charge in [0.05, 0.1) is 6.34 Å². The summed E-state index contributed by atoms with van der Waals surface area (Å²) in [4.78, 5) is 5.71. The minimum absolute atomic E-state index is 0.931. The van der Waals surface area contributed by atoms with Crippen LogP contribution in [-0.4, -0.2) is 24.8 Å². The molecule has 0 aromatic carbocycles. The number of hydrogen-bond acceptors (Lipinski definition) is 1. The molecule has 0 heterocycles. The van der Waals surface area contributed by atoms with Crippen LogP contribution in [0.15, 0.2) is 17.8 Å². The smallest absolute Gasteiger partial charge is 0.0885 e. The SMILES string of the molecule is C=CN(C=NC)CC. The standard InChI is InChI=1S/C6H12N2/c1-4-8(5-2)6-7-3/h4,6H,1,5H2,2-3H3. The molecule has 0 radical (unpaired) electrons. The summed E-state index contributed by atoms with van der Waals surface area (Å²) in [6.45, 7) is 6.56. The maximum absolute atomic E-state index is 3.81. The van der Waals surface area contributed by atoms with Crippen molar-refractivity contribution in [1.29, 1.82) is 0 Å². The van der Waals surface area contributed by atoms with E-state index in [2.05, 4.69) is 11.6 Å². The van der Waals surface area contributed by atoms with E-state index in [1.54, 1.807) is 19.6 Å². The third-order valence-corrected chi connectivity index (χ3v) is 0.863. The van der Waals surface area contributed by atoms with Crippen LogP contribution in [0.4, 0.5) is 0 Å². The number of nitrogens with zero attached hydrogens (tertiary/aromatic N) is 2. The van der Waals surface area contributed by atoms with Crippen molar-refractivity contribution >= 4 is 6.34 Å². The number of aliphatic imine (C=N–C) groups is 1. The molecule has 0 atom stereocenters. The predicted octanol–water partition coefficient (Wildman–Crippen LogP) is 1.11. The van der Waals surface area contributed by atoms with Gasteiger partial charge in [-0.25, -0.2) is 0 Å². The summed E-state index contributed by atoms with van der Waals surface area (Å²) in [6, 6.07) is 0. The van der Waals surface area contributed by atoms with Crippen molar-refractivity contribution in [2.24, 2.45) is 4.99 Å². The van der Waals surface area contributed by atoms with Gasteiger partial charge in [0.2, 0.25) is 0 Å². The molecule has 0 bridgehead atoms. The maximum atomic E-state index is 3.81. The minimum atomic E-state index is 0.931. The summed E-state index contributed by atoms with van der Waals surface area (Å²) >= 11 is 0. The highest BCUT2D eigenvalue weighted by molar-refractivity contribution is 5.55. The third kappa shape index (κ3) is 2.39. The van der Waals surface area contributed by atoms with Gasteiger partial charge in [-0.2, -0.15) is 0 Å². The highest BCUT2D eigenvalue weighted by Gasteiger charge is 1.82. The summed E-state index contributed by atoms with van der Waals surface area (Å²) in [5, 5.41) is 0. The predicted molar refractivity (Wildman–Crippen MR) is 37.0 cm³/mol. The lowest BCUT2D eigenvalue weighted by molar-refractivity contribution is 0.608. The Kier molecular flexibility index (Phi) is 3.94. The van der Waals surface area contributed by atoms with E-state index in [1.165, 1.54) is 0 Å². The molecule has 0 rings (SSSR count). The largest absolute Gasteiger partial charge is 0.340 e. The fourth-order valence-corrected chi connectivity index (χ4v) is 0.406. The Balaban J connectivity index is 3.52. The van der Waals surface area contributed by atoms with Gasteiger partial charge < -0.3 is 4.90 Å². The summed E-state index contributed by atoms with van der Waals surface area (Å²) in [7, 11) is 1.74. The zero-order valence-electron chi connectivity index (χ0n) is 5.46. The van der Waals surface area contributed by atoms with Crippen LogP contribution < -0.4 is 0 Å². The Bertz CT molecular complexity index is 86.5. The second-order valence-electron chi connectivity index (χ2n) is 1.39. The molecule has 0 saturated heterocycles. The van der Waals surface area contributed by atoms with Gasteiger partial charge in [0.25, 0.3) is 0 Å². The van der Waals surface area contributed by atoms with E-state index < -0.39 is 0 Å². The van der Waals surface area contributed by atoms with Gasteiger partial charge in [-0.05, 0) is 13.1 Å². The second-order valence-corrected chi connectivity index (χ2v) is 1.39. The average Bonchev–Trinajstić information content (AvgIpc) is 1.83. The zero-order valence-corrected chi connectivity index (χ0v) is 5.46. The van der Waals surface area contributed by atoms with Crippen LogP contribution in [0.5, 0.6) is 0 Å². The highest BCUT2D eigenvalue weighted by atomic mass is 15.1. The first-order valence-electron chi connectivity index (χ1n) is 2.65. The fraction of sp³-hybridized carbons (Fsp3) is 0.500. The molecule has 0 aromatic rings. The topological polar surface area (TPSA) is 15.6 Å². The molecule has 0 aliphatic heterocycles. The summed E-state index contributed by atoms with van der Waals surface area (Å²) < 4.78 is 0. The Morgan fingerprint density at radius 2 is 2.38 bits per heavy atom. The van der Waals surface area contributed by atoms with Crippen molar-refractivity contribution in [2.75, 3.05) is 13.6 Å². The molecule has 2 nitrogen and oxygen atoms in total. The first-order chi connectivity index (χ1) is 3.85. The van der Waals surface area contributed by atoms with Gasteiger partial charge in [-0.15, -0.1) is 0 Å². The molecule has 0 amide bonds. The van der Waals surface area contributed by atoms with Crippen molar-refractivity contribution in [2.45, 2.75) is 6.92 Å². The molecular weight excluding hydrogens is 100 g/mol. The van der Waals surface area contributed by atoms with Crippen LogP contribution in [0.3, 0.4) is 0 Å². The van der Waals surface area contributed by atoms with Gasteiger partial charge in [0.15, 0.2) is 0 Å². The van der Waals surface area contributed by atoms with Crippen LogP contribution in [-0.2, 0) is 0 Å². The van der Waals surface area contributed by atoms with Gasteiger partial charge in [-0.3, -0.25) is 4.99 Å². The second kappa shape index (κ2) is 4.37. The molecule has 0 aliphatic rings. The summed E-state index contributed by atoms with van der Waals surface area (Å²) in [5.74, 6) is 0. The Labute approximate surface area is 50.5 Å². The van der Waals surface area contributed by atoms with Crippen LogP contribution in [0.2, 0.25) is 0 Å². The Hall–Kier alpha value is -0.790. The molecule has 46 valence electrons. The monoisotopic (exact) mass is 112 g/mol. The molecule has 2 heteroatoms. The Morgan fingerprint density at radius 1 is 1.75 bits per heavy atom. The molecule has 0 spiro atoms. The van der Waals surface area contributed by atoms with E-state index in [4.69, 9.17) is 0 Å². The lowest BCUT2D eigenvalue weighted by atomic mass is 10.6. The molecule has 0 unspecified atom stereocenters. The van der Waals surface area contributed by atoms with E-state index in [0.717, 1.165) is 6.54 Å². The lowest BCUT2D eigenvalue weighted by Gasteiger charge is -2.07. The van der Waals surface area contributed by atoms with E-state index >= 15 is 0 Å². The van der Waals surface area contributed by atoms with Crippen molar-refractivity contribution in [3.63, 3.8) is 0 Å². The van der Waals surface area contributed by atoms with Gasteiger partial charge >= 0.3 is 0 Å². The van der Waals surface area contributed by atoms with E-state index in [9.17, 15) is 0 Å². The molecular formula is C6H12N2. The van der Waals surface area contributed by atoms with Crippen LogP contribution in [0.1, 0.15) is 6.92 Å². The highest BCUT2D eigenvalue weighted by Crippen LogP contribution is 1.79. The van der Waals surface area contributed by atoms with Crippen molar-refractivity contribution in [3.05, 3.63) is 12.8 Å². The maximum Gasteiger partial charge on any atom is 0.0885 e. The first kappa shape index (κ1) is 7.21. The van der Waals surface area contributed by atoms with Gasteiger partial charge in [-0.1, -0.05) is 6.58 Å². The van der Waals surface area contributed by atoms with E-state index in [1.807, 2.05) is 11.8 Å². The molecule has 0 saturated carbocycles. The number of hydrogen-bond donors (Lipinski definition) is 0. The van der Waals surface area contributed by atoms with Crippen molar-refractivity contribution < 1.29 is 0 Å². The zero-order chi connectivity index (χ0) is 6.41. The number of rotatable bonds is 3. The van der Waals surface area contributed by atoms with E-state index in [0.29, 0.717) is 0 Å². The normalized spacial score (nSPS) is 9.75. The lowest BCUT2D eigenvalue weighted by Crippen LogP contribution is -2.12. The van der Waals surface area contributed by atoms with Gasteiger partial charge in [0.1, 0.15) is 0 Å². The van der Waals surface area contributed by atoms with Crippen LogP contribution in [0.25, 0.3) is 0 Å². The van der Waals surface area contributed by atoms with Crippen molar-refractivity contribution in [3.8, 4) is 0 Å².